The predicted octanol–water partition coefficient (Wildman–Crippen LogP) is 6.01. The number of β-amino-alcohol motifs (C(OH)–C–C–N with tert-alkyl or cyclic N) is 2. The van der Waals surface area contributed by atoms with Crippen LogP contribution in [0.1, 0.15) is 219 Å². The van der Waals surface area contributed by atoms with Gasteiger partial charge in [0.15, 0.2) is 0 Å². The summed E-state index contributed by atoms with van der Waals surface area (Å²) >= 11 is 0. The van der Waals surface area contributed by atoms with E-state index in [4.69, 9.17) is 0 Å². The lowest BCUT2D eigenvalue weighted by Gasteiger charge is -2.39. The molecule has 2 atom stereocenters. The summed E-state index contributed by atoms with van der Waals surface area (Å²) in [6.07, 6.45) is 44.6. The summed E-state index contributed by atoms with van der Waals surface area (Å²) in [5, 5.41) is 22.0. The van der Waals surface area contributed by atoms with Crippen molar-refractivity contribution in [1.82, 2.24) is 9.80 Å². The van der Waals surface area contributed by atoms with Crippen LogP contribution in [0.25, 0.3) is 0 Å². The van der Waals surface area contributed by atoms with Crippen molar-refractivity contribution in [2.45, 2.75) is 232 Å². The third-order valence-electron chi connectivity index (χ3n) is 13.0. The molecule has 58 heavy (non-hydrogen) atoms. The average Bonchev–Trinajstić information content (AvgIpc) is 3.14. The number of aliphatic hydroxyl groups excluding tert-OH is 2. The summed E-state index contributed by atoms with van der Waals surface area (Å²) in [5.41, 5.74) is 0. The fourth-order valence-corrected chi connectivity index (χ4v) is 9.37. The monoisotopic (exact) mass is 865 g/mol. The van der Waals surface area contributed by atoms with Crippen molar-refractivity contribution in [2.75, 3.05) is 93.6 Å². The number of nitrogens with zero attached hydrogens (tertiary/aromatic N) is 4. The molecule has 8 heteroatoms. The number of halogens is 2. The quantitative estimate of drug-likeness (QED) is 0.0584. The molecule has 1 fully saturated rings. The molecule has 0 spiro atoms. The third kappa shape index (κ3) is 39.2. The Morgan fingerprint density at radius 2 is 0.534 bits per heavy atom. The Labute approximate surface area is 377 Å². The zero-order valence-corrected chi connectivity index (χ0v) is 41.8. The van der Waals surface area contributed by atoms with Crippen LogP contribution in [-0.2, 0) is 0 Å². The van der Waals surface area contributed by atoms with Crippen LogP contribution in [0.3, 0.4) is 0 Å². The Kier molecular flexibility index (Phi) is 43.1. The highest BCUT2D eigenvalue weighted by Gasteiger charge is 2.27. The Morgan fingerprint density at radius 1 is 0.345 bits per heavy atom. The number of quaternary nitrogens is 2. The smallest absolute Gasteiger partial charge is 0.115 e. The standard InChI is InChI=1S/C50H106N4O2.2ClH/c1-7-9-11-13-15-17-19-21-23-25-27-29-31-33-35-37-43-53(3,4)47-49(55)45-51-39-41-52(42-40-51)46-50(56)48-54(5,6)44-38-36-34-32-30-28-26-24-22-20-18-16-14-12-10-8-2;;/h49-50,55-56H,7-48H2,1-6H3;2*1H/q+2;;/p-2. The van der Waals surface area contributed by atoms with Gasteiger partial charge >= 0.3 is 0 Å². The second-order valence-corrected chi connectivity index (χ2v) is 20.2. The molecule has 0 bridgehead atoms. The van der Waals surface area contributed by atoms with E-state index in [-0.39, 0.29) is 37.0 Å². The summed E-state index contributed by atoms with van der Waals surface area (Å²) in [4.78, 5) is 4.89. The van der Waals surface area contributed by atoms with Crippen molar-refractivity contribution in [3.8, 4) is 0 Å². The van der Waals surface area contributed by atoms with Gasteiger partial charge < -0.3 is 44.0 Å². The van der Waals surface area contributed by atoms with Gasteiger partial charge in [0.05, 0.1) is 41.3 Å². The van der Waals surface area contributed by atoms with Crippen LogP contribution < -0.4 is 24.8 Å². The molecule has 1 rings (SSSR count). The van der Waals surface area contributed by atoms with Gasteiger partial charge in [-0.3, -0.25) is 9.80 Å². The highest BCUT2D eigenvalue weighted by atomic mass is 35.5. The van der Waals surface area contributed by atoms with Crippen LogP contribution in [-0.4, -0.2) is 135 Å². The SMILES string of the molecule is CCCCCCCCCCCCCCCCCC[N+](C)(C)CC(O)CN1CCN(CC(O)C[N+](C)(C)CCCCCCCCCCCCCCCCCC)CC1.[Cl-].[Cl-]. The molecule has 352 valence electrons. The van der Waals surface area contributed by atoms with Gasteiger partial charge in [0.2, 0.25) is 0 Å². The van der Waals surface area contributed by atoms with Gasteiger partial charge in [-0.1, -0.05) is 194 Å². The Bertz CT molecular complexity index is 761. The molecule has 2 N–H and O–H groups in total. The lowest BCUT2D eigenvalue weighted by atomic mass is 10.0. The van der Waals surface area contributed by atoms with E-state index in [0.29, 0.717) is 0 Å². The minimum absolute atomic E-state index is 0. The first-order valence-electron chi connectivity index (χ1n) is 25.5. The van der Waals surface area contributed by atoms with E-state index in [1.165, 1.54) is 205 Å². The number of hydrogen-bond acceptors (Lipinski definition) is 4. The highest BCUT2D eigenvalue weighted by Crippen LogP contribution is 2.17. The molecule has 0 saturated carbocycles. The van der Waals surface area contributed by atoms with Crippen molar-refractivity contribution in [3.63, 3.8) is 0 Å². The van der Waals surface area contributed by atoms with E-state index >= 15 is 0 Å². The Morgan fingerprint density at radius 3 is 0.741 bits per heavy atom. The van der Waals surface area contributed by atoms with E-state index in [2.05, 4.69) is 51.8 Å². The molecule has 1 aliphatic rings. The van der Waals surface area contributed by atoms with E-state index < -0.39 is 0 Å². The number of likely N-dealkylation sites (N-methyl/N-ethyl adjacent to an activating group) is 2. The number of rotatable bonds is 42. The second kappa shape index (κ2) is 41.4. The maximum absolute atomic E-state index is 11.0. The highest BCUT2D eigenvalue weighted by molar-refractivity contribution is 4.76. The van der Waals surface area contributed by atoms with Crippen LogP contribution in [0, 0.1) is 0 Å². The molecule has 0 amide bonds. The topological polar surface area (TPSA) is 46.9 Å². The molecular weight excluding hydrogens is 759 g/mol. The normalized spacial score (nSPS) is 15.3. The van der Waals surface area contributed by atoms with E-state index in [0.717, 1.165) is 74.4 Å². The van der Waals surface area contributed by atoms with Crippen LogP contribution in [0.4, 0.5) is 0 Å². The van der Waals surface area contributed by atoms with Gasteiger partial charge in [-0.2, -0.15) is 0 Å². The number of hydrogen-bond donors (Lipinski definition) is 2. The van der Waals surface area contributed by atoms with Gasteiger partial charge in [0.1, 0.15) is 25.3 Å². The zero-order chi connectivity index (χ0) is 41.0. The van der Waals surface area contributed by atoms with Crippen LogP contribution in [0.2, 0.25) is 0 Å². The summed E-state index contributed by atoms with van der Waals surface area (Å²) in [5.74, 6) is 0. The first-order valence-corrected chi connectivity index (χ1v) is 25.5. The maximum atomic E-state index is 11.0. The summed E-state index contributed by atoms with van der Waals surface area (Å²) < 4.78 is 1.83. The average molecular weight is 866 g/mol. The fraction of sp³-hybridized carbons (Fsp3) is 1.00. The number of aliphatic hydroxyl groups is 2. The first kappa shape index (κ1) is 60.4. The first-order chi connectivity index (χ1) is 27.1. The molecular formula is C50H106Cl2N4O2. The lowest BCUT2D eigenvalue weighted by molar-refractivity contribution is -0.893. The van der Waals surface area contributed by atoms with Gasteiger partial charge in [-0.25, -0.2) is 0 Å². The van der Waals surface area contributed by atoms with Crippen LogP contribution >= 0.6 is 0 Å². The molecule has 1 aliphatic heterocycles. The largest absolute Gasteiger partial charge is 1.00 e. The third-order valence-corrected chi connectivity index (χ3v) is 13.0. The minimum atomic E-state index is -0.272. The van der Waals surface area contributed by atoms with Gasteiger partial charge in [0.25, 0.3) is 0 Å². The summed E-state index contributed by atoms with van der Waals surface area (Å²) in [7, 11) is 9.20. The minimum Gasteiger partial charge on any atom is -1.00 e. The molecule has 0 aromatic carbocycles. The van der Waals surface area contributed by atoms with Crippen molar-refractivity contribution >= 4 is 0 Å². The van der Waals surface area contributed by atoms with E-state index in [9.17, 15) is 10.2 Å². The van der Waals surface area contributed by atoms with Crippen LogP contribution in [0.15, 0.2) is 0 Å². The maximum Gasteiger partial charge on any atom is 0.115 e. The van der Waals surface area contributed by atoms with Crippen LogP contribution in [0.5, 0.6) is 0 Å². The van der Waals surface area contributed by atoms with E-state index in [1.54, 1.807) is 0 Å². The van der Waals surface area contributed by atoms with Crippen molar-refractivity contribution in [1.29, 1.82) is 0 Å². The number of unbranched alkanes of at least 4 members (excludes halogenated alkanes) is 30. The predicted molar refractivity (Wildman–Crippen MR) is 248 cm³/mol. The molecule has 6 nitrogen and oxygen atoms in total. The van der Waals surface area contributed by atoms with Gasteiger partial charge in [-0.05, 0) is 25.7 Å². The molecule has 0 radical (unpaired) electrons. The lowest BCUT2D eigenvalue weighted by Crippen LogP contribution is -3.00. The second-order valence-electron chi connectivity index (χ2n) is 20.2. The Balaban J connectivity index is 0. The molecule has 0 aliphatic carbocycles. The molecule has 2 unspecified atom stereocenters. The molecule has 1 heterocycles. The van der Waals surface area contributed by atoms with Crippen molar-refractivity contribution in [3.05, 3.63) is 0 Å². The molecule has 0 aromatic rings. The van der Waals surface area contributed by atoms with Crippen molar-refractivity contribution in [2.24, 2.45) is 0 Å². The van der Waals surface area contributed by atoms with Crippen molar-refractivity contribution < 1.29 is 44.0 Å². The zero-order valence-electron chi connectivity index (χ0n) is 40.3. The Hall–Kier alpha value is 0.340. The summed E-state index contributed by atoms with van der Waals surface area (Å²) in [6.45, 7) is 14.1. The van der Waals surface area contributed by atoms with E-state index in [1.807, 2.05) is 0 Å². The van der Waals surface area contributed by atoms with Gasteiger partial charge in [0, 0.05) is 39.3 Å². The summed E-state index contributed by atoms with van der Waals surface area (Å²) in [6, 6.07) is 0. The molecule has 1 saturated heterocycles. The number of piperazine rings is 1. The molecule has 0 aromatic heterocycles. The van der Waals surface area contributed by atoms with Gasteiger partial charge in [-0.15, -0.1) is 0 Å². The fourth-order valence-electron chi connectivity index (χ4n) is 9.37.